The average Bonchev–Trinajstić information content (AvgIpc) is 1.81. The van der Waals surface area contributed by atoms with E-state index in [-0.39, 0.29) is 12.4 Å². The highest BCUT2D eigenvalue weighted by atomic mass is 19.4. The molecule has 3 N–H and O–H groups in total. The third-order valence-electron chi connectivity index (χ3n) is 1.34. The van der Waals surface area contributed by atoms with Crippen molar-refractivity contribution in [2.75, 3.05) is 19.6 Å². The van der Waals surface area contributed by atoms with Gasteiger partial charge in [0.2, 0.25) is 0 Å². The van der Waals surface area contributed by atoms with Crippen molar-refractivity contribution >= 4 is 5.84 Å². The number of nitrogens with one attached hydrogen (secondary N) is 1. The van der Waals surface area contributed by atoms with E-state index < -0.39 is 12.7 Å². The van der Waals surface area contributed by atoms with E-state index in [0.717, 1.165) is 4.90 Å². The smallest absolute Gasteiger partial charge is 0.387 e. The summed E-state index contributed by atoms with van der Waals surface area (Å²) in [6, 6.07) is 0. The van der Waals surface area contributed by atoms with Gasteiger partial charge in [0.15, 0.2) is 0 Å². The van der Waals surface area contributed by atoms with Gasteiger partial charge in [-0.15, -0.1) is 0 Å². The Morgan fingerprint density at radius 3 is 2.31 bits per heavy atom. The maximum atomic E-state index is 11.9. The summed E-state index contributed by atoms with van der Waals surface area (Å²) in [5, 5.41) is 6.88. The highest BCUT2D eigenvalue weighted by Gasteiger charge is 2.30. The molecule has 0 unspecified atom stereocenters. The van der Waals surface area contributed by atoms with Crippen LogP contribution >= 0.6 is 0 Å². The first-order valence-corrected chi connectivity index (χ1v) is 3.97. The molecular formula is C7H14F3N3. The maximum absolute atomic E-state index is 11.9. The fourth-order valence-electron chi connectivity index (χ4n) is 1.02. The van der Waals surface area contributed by atoms with Gasteiger partial charge in [0, 0.05) is 0 Å². The third-order valence-corrected chi connectivity index (χ3v) is 1.34. The van der Waals surface area contributed by atoms with Crippen LogP contribution in [0.3, 0.4) is 0 Å². The number of rotatable bonds is 5. The molecule has 0 atom stereocenters. The summed E-state index contributed by atoms with van der Waals surface area (Å²) in [4.78, 5) is 1.11. The maximum Gasteiger partial charge on any atom is 0.401 e. The molecule has 6 heteroatoms. The van der Waals surface area contributed by atoms with E-state index >= 15 is 0 Å². The number of halogens is 3. The highest BCUT2D eigenvalue weighted by Crippen LogP contribution is 2.16. The second-order valence-electron chi connectivity index (χ2n) is 2.85. The Bertz CT molecular complexity index is 167. The van der Waals surface area contributed by atoms with Crippen molar-refractivity contribution < 1.29 is 13.2 Å². The molecule has 78 valence electrons. The molecule has 0 radical (unpaired) electrons. The lowest BCUT2D eigenvalue weighted by atomic mass is 10.3. The lowest BCUT2D eigenvalue weighted by Crippen LogP contribution is -2.40. The van der Waals surface area contributed by atoms with E-state index in [4.69, 9.17) is 11.1 Å². The molecule has 13 heavy (non-hydrogen) atoms. The van der Waals surface area contributed by atoms with Crippen LogP contribution in [0.25, 0.3) is 0 Å². The van der Waals surface area contributed by atoms with Crippen LogP contribution < -0.4 is 5.73 Å². The van der Waals surface area contributed by atoms with Crippen molar-refractivity contribution in [3.05, 3.63) is 0 Å². The second kappa shape index (κ2) is 5.06. The number of nitrogens with zero attached hydrogens (tertiary/aromatic N) is 1. The lowest BCUT2D eigenvalue weighted by Gasteiger charge is -2.21. The second-order valence-corrected chi connectivity index (χ2v) is 2.85. The number of hydrogen-bond donors (Lipinski definition) is 2. The minimum atomic E-state index is -4.22. The SMILES string of the molecule is CCCN(CC(=N)N)CC(F)(F)F. The van der Waals surface area contributed by atoms with Gasteiger partial charge < -0.3 is 5.73 Å². The van der Waals surface area contributed by atoms with Gasteiger partial charge in [0.25, 0.3) is 0 Å². The molecule has 0 fully saturated rings. The van der Waals surface area contributed by atoms with E-state index in [0.29, 0.717) is 13.0 Å². The minimum Gasteiger partial charge on any atom is -0.387 e. The van der Waals surface area contributed by atoms with E-state index in [9.17, 15) is 13.2 Å². The number of alkyl halides is 3. The van der Waals surface area contributed by atoms with Crippen LogP contribution in [0.4, 0.5) is 13.2 Å². The lowest BCUT2D eigenvalue weighted by molar-refractivity contribution is -0.144. The summed E-state index contributed by atoms with van der Waals surface area (Å²) in [7, 11) is 0. The summed E-state index contributed by atoms with van der Waals surface area (Å²) >= 11 is 0. The quantitative estimate of drug-likeness (QED) is 0.514. The van der Waals surface area contributed by atoms with Crippen LogP contribution in [0.1, 0.15) is 13.3 Å². The van der Waals surface area contributed by atoms with Crippen molar-refractivity contribution in [1.82, 2.24) is 4.90 Å². The van der Waals surface area contributed by atoms with Crippen molar-refractivity contribution in [2.45, 2.75) is 19.5 Å². The zero-order valence-electron chi connectivity index (χ0n) is 7.49. The van der Waals surface area contributed by atoms with Gasteiger partial charge >= 0.3 is 6.18 Å². The van der Waals surface area contributed by atoms with Gasteiger partial charge in [-0.2, -0.15) is 13.2 Å². The predicted octanol–water partition coefficient (Wildman–Crippen LogP) is 1.20. The number of hydrogen-bond acceptors (Lipinski definition) is 2. The van der Waals surface area contributed by atoms with Crippen molar-refractivity contribution in [3.63, 3.8) is 0 Å². The summed E-state index contributed by atoms with van der Waals surface area (Å²) in [5.41, 5.74) is 5.02. The zero-order chi connectivity index (χ0) is 10.5. The standard InChI is InChI=1S/C7H14F3N3/c1-2-3-13(4-6(11)12)5-7(8,9)10/h2-5H2,1H3,(H3,11,12). The van der Waals surface area contributed by atoms with Gasteiger partial charge in [-0.25, -0.2) is 0 Å². The van der Waals surface area contributed by atoms with Crippen LogP contribution in [0, 0.1) is 5.41 Å². The molecule has 0 aromatic heterocycles. The van der Waals surface area contributed by atoms with E-state index in [1.165, 1.54) is 0 Å². The van der Waals surface area contributed by atoms with E-state index in [2.05, 4.69) is 0 Å². The molecular weight excluding hydrogens is 183 g/mol. The summed E-state index contributed by atoms with van der Waals surface area (Å²) < 4.78 is 35.8. The van der Waals surface area contributed by atoms with Crippen LogP contribution in [0.2, 0.25) is 0 Å². The molecule has 0 rings (SSSR count). The molecule has 0 aromatic rings. The molecule has 0 amide bonds. The summed E-state index contributed by atoms with van der Waals surface area (Å²) in [6.45, 7) is 0.969. The van der Waals surface area contributed by atoms with Crippen LogP contribution in [0.15, 0.2) is 0 Å². The zero-order valence-corrected chi connectivity index (χ0v) is 7.49. The molecule has 0 aliphatic rings. The third kappa shape index (κ3) is 7.58. The van der Waals surface area contributed by atoms with Gasteiger partial charge in [0.05, 0.1) is 13.1 Å². The van der Waals surface area contributed by atoms with Crippen molar-refractivity contribution in [1.29, 1.82) is 5.41 Å². The monoisotopic (exact) mass is 197 g/mol. The summed E-state index contributed by atoms with van der Waals surface area (Å²) in [5.74, 6) is -0.238. The van der Waals surface area contributed by atoms with Crippen LogP contribution in [-0.4, -0.2) is 36.5 Å². The number of amidine groups is 1. The van der Waals surface area contributed by atoms with Crippen LogP contribution in [0.5, 0.6) is 0 Å². The molecule has 3 nitrogen and oxygen atoms in total. The minimum absolute atomic E-state index is 0.118. The first-order valence-electron chi connectivity index (χ1n) is 3.97. The van der Waals surface area contributed by atoms with Crippen LogP contribution in [-0.2, 0) is 0 Å². The fourth-order valence-corrected chi connectivity index (χ4v) is 1.02. The normalized spacial score (nSPS) is 12.1. The highest BCUT2D eigenvalue weighted by molar-refractivity contribution is 5.78. The topological polar surface area (TPSA) is 53.1 Å². The van der Waals surface area contributed by atoms with Gasteiger partial charge in [-0.3, -0.25) is 10.3 Å². The summed E-state index contributed by atoms with van der Waals surface area (Å²) in [6.07, 6.45) is -3.60. The first kappa shape index (κ1) is 12.2. The molecule has 0 aliphatic heterocycles. The first-order chi connectivity index (χ1) is 5.85. The Balaban J connectivity index is 4.01. The fraction of sp³-hybridized carbons (Fsp3) is 0.857. The average molecular weight is 197 g/mol. The Morgan fingerprint density at radius 1 is 1.46 bits per heavy atom. The molecule has 0 heterocycles. The van der Waals surface area contributed by atoms with Gasteiger partial charge in [0.1, 0.15) is 5.84 Å². The Kier molecular flexibility index (Phi) is 4.76. The van der Waals surface area contributed by atoms with E-state index in [1.54, 1.807) is 6.92 Å². The Labute approximate surface area is 75.2 Å². The predicted molar refractivity (Wildman–Crippen MR) is 44.7 cm³/mol. The number of nitrogens with two attached hydrogens (primary N) is 1. The Morgan fingerprint density at radius 2 is 2.00 bits per heavy atom. The Hall–Kier alpha value is -0.780. The van der Waals surface area contributed by atoms with Crippen molar-refractivity contribution in [2.24, 2.45) is 5.73 Å². The van der Waals surface area contributed by atoms with E-state index in [1.807, 2.05) is 0 Å². The molecule has 0 aromatic carbocycles. The molecule has 0 spiro atoms. The van der Waals surface area contributed by atoms with Gasteiger partial charge in [-0.05, 0) is 13.0 Å². The molecule has 0 saturated carbocycles. The molecule has 0 saturated heterocycles. The van der Waals surface area contributed by atoms with Gasteiger partial charge in [-0.1, -0.05) is 6.92 Å². The largest absolute Gasteiger partial charge is 0.401 e. The molecule has 0 bridgehead atoms. The van der Waals surface area contributed by atoms with Crippen molar-refractivity contribution in [3.8, 4) is 0 Å². The molecule has 0 aliphatic carbocycles.